The van der Waals surface area contributed by atoms with Gasteiger partial charge in [0.1, 0.15) is 0 Å². The predicted octanol–water partition coefficient (Wildman–Crippen LogP) is 2.22. The van der Waals surface area contributed by atoms with Crippen molar-refractivity contribution in [3.8, 4) is 0 Å². The molecule has 3 aliphatic carbocycles. The van der Waals surface area contributed by atoms with Gasteiger partial charge in [-0.1, -0.05) is 12.8 Å². The van der Waals surface area contributed by atoms with E-state index >= 15 is 0 Å². The largest absolute Gasteiger partial charge is 0.385 e. The van der Waals surface area contributed by atoms with Crippen molar-refractivity contribution < 1.29 is 9.53 Å². The van der Waals surface area contributed by atoms with Crippen LogP contribution in [0, 0.1) is 17.3 Å². The highest BCUT2D eigenvalue weighted by molar-refractivity contribution is 5.83. The molecule has 21 heavy (non-hydrogen) atoms. The number of amides is 1. The van der Waals surface area contributed by atoms with Crippen LogP contribution in [-0.4, -0.2) is 31.7 Å². The summed E-state index contributed by atoms with van der Waals surface area (Å²) < 4.78 is 5.21. The molecule has 4 heteroatoms. The van der Waals surface area contributed by atoms with Crippen LogP contribution in [0.3, 0.4) is 0 Å². The molecule has 120 valence electrons. The van der Waals surface area contributed by atoms with Crippen LogP contribution in [0.15, 0.2) is 0 Å². The van der Waals surface area contributed by atoms with E-state index < -0.39 is 0 Å². The fraction of sp³-hybridized carbons (Fsp3) is 0.941. The summed E-state index contributed by atoms with van der Waals surface area (Å²) in [4.78, 5) is 12.8. The number of carbonyl (C=O) groups is 1. The summed E-state index contributed by atoms with van der Waals surface area (Å²) in [5.41, 5.74) is 6.04. The van der Waals surface area contributed by atoms with Crippen molar-refractivity contribution in [1.82, 2.24) is 5.32 Å². The normalized spacial score (nSPS) is 37.6. The van der Waals surface area contributed by atoms with E-state index in [-0.39, 0.29) is 5.41 Å². The lowest BCUT2D eigenvalue weighted by molar-refractivity contribution is -0.140. The zero-order valence-corrected chi connectivity index (χ0v) is 13.3. The van der Waals surface area contributed by atoms with Gasteiger partial charge in [-0.15, -0.1) is 0 Å². The number of nitrogens with one attached hydrogen (secondary N) is 1. The summed E-state index contributed by atoms with van der Waals surface area (Å²) in [5.74, 6) is 1.51. The number of carbonyl (C=O) groups excluding carboxylic acids is 1. The maximum Gasteiger partial charge on any atom is 0.226 e. The molecule has 0 heterocycles. The molecule has 0 aliphatic heterocycles. The highest BCUT2D eigenvalue weighted by atomic mass is 16.5. The number of fused-ring (bicyclic) bond motifs is 2. The predicted molar refractivity (Wildman–Crippen MR) is 82.7 cm³/mol. The molecule has 0 aromatic rings. The first-order chi connectivity index (χ1) is 10.1. The topological polar surface area (TPSA) is 64.3 Å². The minimum absolute atomic E-state index is 0.135. The van der Waals surface area contributed by atoms with E-state index in [4.69, 9.17) is 10.5 Å². The Morgan fingerprint density at radius 1 is 1.24 bits per heavy atom. The van der Waals surface area contributed by atoms with Crippen molar-refractivity contribution in [2.75, 3.05) is 13.7 Å². The van der Waals surface area contributed by atoms with Crippen molar-refractivity contribution in [2.24, 2.45) is 23.0 Å². The summed E-state index contributed by atoms with van der Waals surface area (Å²) in [6.45, 7) is 0.690. The Balaban J connectivity index is 1.63. The van der Waals surface area contributed by atoms with Gasteiger partial charge in [0.2, 0.25) is 5.91 Å². The Morgan fingerprint density at radius 2 is 1.90 bits per heavy atom. The highest BCUT2D eigenvalue weighted by Gasteiger charge is 2.47. The Bertz CT molecular complexity index is 367. The molecule has 0 aromatic carbocycles. The summed E-state index contributed by atoms with van der Waals surface area (Å²) in [6, 6.07) is 0.727. The van der Waals surface area contributed by atoms with E-state index in [1.807, 2.05) is 0 Å². The quantitative estimate of drug-likeness (QED) is 0.817. The Kier molecular flexibility index (Phi) is 4.55. The summed E-state index contributed by atoms with van der Waals surface area (Å²) in [7, 11) is 1.72. The van der Waals surface area contributed by atoms with Crippen molar-refractivity contribution in [2.45, 2.75) is 69.9 Å². The van der Waals surface area contributed by atoms with Crippen LogP contribution >= 0.6 is 0 Å². The SMILES string of the molecule is COCCC1(C(=O)NC2C3CCCC2CC(N)C3)CCC1. The minimum atomic E-state index is -0.135. The highest BCUT2D eigenvalue weighted by Crippen LogP contribution is 2.46. The van der Waals surface area contributed by atoms with E-state index in [9.17, 15) is 4.79 Å². The van der Waals surface area contributed by atoms with Gasteiger partial charge >= 0.3 is 0 Å². The number of hydrogen-bond acceptors (Lipinski definition) is 3. The number of ether oxygens (including phenoxy) is 1. The maximum absolute atomic E-state index is 12.8. The van der Waals surface area contributed by atoms with Gasteiger partial charge in [0.15, 0.2) is 0 Å². The fourth-order valence-electron chi connectivity index (χ4n) is 4.82. The fourth-order valence-corrected chi connectivity index (χ4v) is 4.82. The second-order valence-corrected chi connectivity index (χ2v) is 7.56. The van der Waals surface area contributed by atoms with Crippen LogP contribution in [-0.2, 0) is 9.53 Å². The molecular weight excluding hydrogens is 264 g/mol. The molecule has 3 fully saturated rings. The van der Waals surface area contributed by atoms with Crippen LogP contribution < -0.4 is 11.1 Å². The summed E-state index contributed by atoms with van der Waals surface area (Å²) in [6.07, 6.45) is 10.1. The van der Waals surface area contributed by atoms with E-state index in [1.54, 1.807) is 7.11 Å². The van der Waals surface area contributed by atoms with Gasteiger partial charge < -0.3 is 15.8 Å². The van der Waals surface area contributed by atoms with Gasteiger partial charge in [-0.05, 0) is 56.8 Å². The van der Waals surface area contributed by atoms with Gasteiger partial charge in [-0.3, -0.25) is 4.79 Å². The molecule has 1 amide bonds. The first-order valence-electron chi connectivity index (χ1n) is 8.70. The molecule has 0 radical (unpaired) electrons. The third-order valence-electron chi connectivity index (χ3n) is 6.25. The van der Waals surface area contributed by atoms with E-state index in [0.717, 1.165) is 32.1 Å². The number of rotatable bonds is 5. The van der Waals surface area contributed by atoms with Crippen molar-refractivity contribution >= 4 is 5.91 Å². The molecule has 0 aromatic heterocycles. The Morgan fingerprint density at radius 3 is 2.43 bits per heavy atom. The number of methoxy groups -OCH3 is 1. The molecule has 3 aliphatic rings. The molecule has 3 rings (SSSR count). The molecule has 3 saturated carbocycles. The number of hydrogen-bond donors (Lipinski definition) is 2. The van der Waals surface area contributed by atoms with Gasteiger partial charge in [-0.2, -0.15) is 0 Å². The van der Waals surface area contributed by atoms with Crippen molar-refractivity contribution in [3.63, 3.8) is 0 Å². The molecule has 4 nitrogen and oxygen atoms in total. The maximum atomic E-state index is 12.8. The van der Waals surface area contributed by atoms with E-state index in [1.165, 1.54) is 25.7 Å². The monoisotopic (exact) mass is 294 g/mol. The van der Waals surface area contributed by atoms with Crippen LogP contribution in [0.1, 0.15) is 57.8 Å². The van der Waals surface area contributed by atoms with E-state index in [2.05, 4.69) is 5.32 Å². The van der Waals surface area contributed by atoms with Gasteiger partial charge in [0.05, 0.1) is 5.41 Å². The molecule has 0 saturated heterocycles. The smallest absolute Gasteiger partial charge is 0.226 e. The lowest BCUT2D eigenvalue weighted by atomic mass is 9.64. The lowest BCUT2D eigenvalue weighted by Crippen LogP contribution is -2.57. The second kappa shape index (κ2) is 6.25. The molecule has 0 spiro atoms. The molecular formula is C17H30N2O2. The van der Waals surface area contributed by atoms with Gasteiger partial charge in [0, 0.05) is 25.8 Å². The lowest BCUT2D eigenvalue weighted by Gasteiger charge is -2.48. The van der Waals surface area contributed by atoms with E-state index in [0.29, 0.717) is 36.4 Å². The average Bonchev–Trinajstić information content (AvgIpc) is 2.39. The summed E-state index contributed by atoms with van der Waals surface area (Å²) in [5, 5.41) is 3.44. The first-order valence-corrected chi connectivity index (χ1v) is 8.70. The average molecular weight is 294 g/mol. The molecule has 3 N–H and O–H groups in total. The zero-order valence-electron chi connectivity index (χ0n) is 13.3. The minimum Gasteiger partial charge on any atom is -0.385 e. The molecule has 2 bridgehead atoms. The van der Waals surface area contributed by atoms with Crippen LogP contribution in [0.25, 0.3) is 0 Å². The Labute approximate surface area is 128 Å². The first kappa shape index (κ1) is 15.3. The van der Waals surface area contributed by atoms with Gasteiger partial charge in [0.25, 0.3) is 0 Å². The van der Waals surface area contributed by atoms with Crippen LogP contribution in [0.4, 0.5) is 0 Å². The standard InChI is InChI=1S/C17H30N2O2/c1-21-9-8-17(6-3-7-17)16(20)19-15-12-4-2-5-13(15)11-14(18)10-12/h12-15H,2-11,18H2,1H3,(H,19,20). The van der Waals surface area contributed by atoms with Crippen LogP contribution in [0.2, 0.25) is 0 Å². The molecule has 2 atom stereocenters. The van der Waals surface area contributed by atoms with Crippen LogP contribution in [0.5, 0.6) is 0 Å². The number of nitrogens with two attached hydrogens (primary N) is 1. The Hall–Kier alpha value is -0.610. The second-order valence-electron chi connectivity index (χ2n) is 7.56. The third-order valence-corrected chi connectivity index (χ3v) is 6.25. The molecule has 2 unspecified atom stereocenters. The van der Waals surface area contributed by atoms with Crippen molar-refractivity contribution in [3.05, 3.63) is 0 Å². The van der Waals surface area contributed by atoms with Crippen molar-refractivity contribution in [1.29, 1.82) is 0 Å². The zero-order chi connectivity index (χ0) is 14.9. The third kappa shape index (κ3) is 2.98. The summed E-state index contributed by atoms with van der Waals surface area (Å²) >= 11 is 0. The van der Waals surface area contributed by atoms with Gasteiger partial charge in [-0.25, -0.2) is 0 Å².